The molecule has 0 saturated carbocycles. The largest absolute Gasteiger partial charge is 0.323 e. The van der Waals surface area contributed by atoms with Crippen molar-refractivity contribution < 1.29 is 4.74 Å². The van der Waals surface area contributed by atoms with Crippen molar-refractivity contribution in [2.45, 2.75) is 118 Å². The molecule has 0 radical (unpaired) electrons. The van der Waals surface area contributed by atoms with Crippen LogP contribution in [0.15, 0.2) is 20.5 Å². The summed E-state index contributed by atoms with van der Waals surface area (Å²) in [5.41, 5.74) is -1.91. The molecular formula is C20H42N4O. The van der Waals surface area contributed by atoms with E-state index in [0.717, 1.165) is 12.8 Å². The molecule has 0 amide bonds. The van der Waals surface area contributed by atoms with Crippen molar-refractivity contribution in [3.8, 4) is 0 Å². The van der Waals surface area contributed by atoms with E-state index in [1.807, 2.05) is 55.4 Å². The Morgan fingerprint density at radius 1 is 0.560 bits per heavy atom. The third-order valence-electron chi connectivity index (χ3n) is 3.14. The Morgan fingerprint density at radius 3 is 1.04 bits per heavy atom. The highest BCUT2D eigenvalue weighted by molar-refractivity contribution is 4.83. The average Bonchev–Trinajstić information content (AvgIpc) is 2.30. The first-order chi connectivity index (χ1) is 11.0. The molecule has 0 spiro atoms. The van der Waals surface area contributed by atoms with Gasteiger partial charge in [-0.1, -0.05) is 27.7 Å². The molecule has 0 saturated heterocycles. The third kappa shape index (κ3) is 12.2. The van der Waals surface area contributed by atoms with Crippen molar-refractivity contribution in [2.24, 2.45) is 32.3 Å². The highest BCUT2D eigenvalue weighted by Crippen LogP contribution is 2.34. The molecule has 0 aromatic heterocycles. The van der Waals surface area contributed by atoms with E-state index in [0.29, 0.717) is 11.8 Å². The summed E-state index contributed by atoms with van der Waals surface area (Å²) in [5.74, 6) is 0.874. The van der Waals surface area contributed by atoms with E-state index < -0.39 is 11.4 Å². The van der Waals surface area contributed by atoms with Crippen LogP contribution < -0.4 is 0 Å². The van der Waals surface area contributed by atoms with Gasteiger partial charge in [0.05, 0.1) is 11.1 Å². The van der Waals surface area contributed by atoms with E-state index >= 15 is 0 Å². The minimum atomic E-state index is -0.720. The molecule has 0 aromatic carbocycles. The quantitative estimate of drug-likeness (QED) is 0.432. The van der Waals surface area contributed by atoms with Crippen LogP contribution >= 0.6 is 0 Å². The minimum Gasteiger partial charge on any atom is -0.323 e. The molecule has 0 aromatic rings. The normalized spacial score (nSPS) is 19.1. The summed E-state index contributed by atoms with van der Waals surface area (Å²) in [6.45, 7) is 24.9. The summed E-state index contributed by atoms with van der Waals surface area (Å²) in [6, 6.07) is 0. The predicted molar refractivity (Wildman–Crippen MR) is 106 cm³/mol. The van der Waals surface area contributed by atoms with Gasteiger partial charge in [0.15, 0.2) is 11.4 Å². The monoisotopic (exact) mass is 354 g/mol. The lowest BCUT2D eigenvalue weighted by Gasteiger charge is -2.37. The maximum Gasteiger partial charge on any atom is 0.179 e. The van der Waals surface area contributed by atoms with Crippen LogP contribution in [0.25, 0.3) is 0 Å². The number of azo groups is 2. The highest BCUT2D eigenvalue weighted by Gasteiger charge is 2.38. The van der Waals surface area contributed by atoms with Gasteiger partial charge in [-0.15, -0.1) is 0 Å². The van der Waals surface area contributed by atoms with Crippen LogP contribution in [0.1, 0.15) is 95.9 Å². The Bertz CT molecular complexity index is 415. The van der Waals surface area contributed by atoms with Crippen LogP contribution in [0.4, 0.5) is 0 Å². The van der Waals surface area contributed by atoms with Crippen LogP contribution in [0.3, 0.4) is 0 Å². The molecule has 0 N–H and O–H groups in total. The van der Waals surface area contributed by atoms with Gasteiger partial charge in [-0.2, -0.15) is 20.5 Å². The summed E-state index contributed by atoms with van der Waals surface area (Å²) in [6.07, 6.45) is 1.57. The second-order valence-electron chi connectivity index (χ2n) is 10.4. The molecular weight excluding hydrogens is 312 g/mol. The molecule has 0 aliphatic heterocycles. The second-order valence-corrected chi connectivity index (χ2v) is 10.4. The molecule has 25 heavy (non-hydrogen) atoms. The molecule has 148 valence electrons. The van der Waals surface area contributed by atoms with Crippen molar-refractivity contribution in [2.75, 3.05) is 0 Å². The predicted octanol–water partition coefficient (Wildman–Crippen LogP) is 7.03. The minimum absolute atomic E-state index is 0.233. The lowest BCUT2D eigenvalue weighted by molar-refractivity contribution is -0.155. The third-order valence-corrected chi connectivity index (χ3v) is 3.14. The SMILES string of the molecule is CC(C)CC(C)(N=NC(C)(C)C)OC(C)(CC(C)C)N=NC(C)(C)C. The fraction of sp³-hybridized carbons (Fsp3) is 1.00. The zero-order chi connectivity index (χ0) is 20.1. The molecule has 0 aliphatic carbocycles. The van der Waals surface area contributed by atoms with E-state index in [4.69, 9.17) is 4.74 Å². The van der Waals surface area contributed by atoms with Crippen LogP contribution in [-0.2, 0) is 4.74 Å². The molecule has 0 fully saturated rings. The number of hydrogen-bond acceptors (Lipinski definition) is 5. The molecule has 5 nitrogen and oxygen atoms in total. The van der Waals surface area contributed by atoms with Gasteiger partial charge in [-0.25, -0.2) is 0 Å². The van der Waals surface area contributed by atoms with Crippen molar-refractivity contribution >= 4 is 0 Å². The molecule has 0 bridgehead atoms. The van der Waals surface area contributed by atoms with E-state index in [1.165, 1.54) is 0 Å². The van der Waals surface area contributed by atoms with E-state index in [2.05, 4.69) is 48.2 Å². The molecule has 2 atom stereocenters. The van der Waals surface area contributed by atoms with Crippen molar-refractivity contribution in [1.82, 2.24) is 0 Å². The zero-order valence-electron chi connectivity index (χ0n) is 18.8. The molecule has 0 heterocycles. The number of rotatable bonds is 8. The van der Waals surface area contributed by atoms with Crippen molar-refractivity contribution in [3.63, 3.8) is 0 Å². The van der Waals surface area contributed by atoms with Gasteiger partial charge in [-0.05, 0) is 67.2 Å². The van der Waals surface area contributed by atoms with Gasteiger partial charge in [0.2, 0.25) is 0 Å². The van der Waals surface area contributed by atoms with Gasteiger partial charge in [0.1, 0.15) is 0 Å². The van der Waals surface area contributed by atoms with Gasteiger partial charge < -0.3 is 4.74 Å². The van der Waals surface area contributed by atoms with Gasteiger partial charge in [0.25, 0.3) is 0 Å². The Hall–Kier alpha value is -0.840. The maximum absolute atomic E-state index is 6.52. The maximum atomic E-state index is 6.52. The number of nitrogens with zero attached hydrogens (tertiary/aromatic N) is 4. The Labute approximate surface area is 156 Å². The lowest BCUT2D eigenvalue weighted by atomic mass is 9.99. The van der Waals surface area contributed by atoms with Crippen LogP contribution in [0.2, 0.25) is 0 Å². The first-order valence-corrected chi connectivity index (χ1v) is 9.54. The fourth-order valence-corrected chi connectivity index (χ4v) is 2.71. The van der Waals surface area contributed by atoms with Crippen LogP contribution in [0.5, 0.6) is 0 Å². The summed E-state index contributed by atoms with van der Waals surface area (Å²) in [7, 11) is 0. The topological polar surface area (TPSA) is 58.7 Å². The van der Waals surface area contributed by atoms with Gasteiger partial charge in [-0.3, -0.25) is 0 Å². The summed E-state index contributed by atoms with van der Waals surface area (Å²) in [4.78, 5) is 0. The first kappa shape index (κ1) is 24.2. The van der Waals surface area contributed by atoms with Crippen LogP contribution in [0, 0.1) is 11.8 Å². The summed E-state index contributed by atoms with van der Waals surface area (Å²) < 4.78 is 6.52. The van der Waals surface area contributed by atoms with Crippen LogP contribution in [-0.4, -0.2) is 22.5 Å². The molecule has 0 aliphatic rings. The second kappa shape index (κ2) is 8.70. The lowest BCUT2D eigenvalue weighted by Crippen LogP contribution is -2.41. The van der Waals surface area contributed by atoms with E-state index in [9.17, 15) is 0 Å². The first-order valence-electron chi connectivity index (χ1n) is 9.54. The standard InChI is InChI=1S/C20H42N4O/c1-15(2)13-19(11,23-21-17(5,6)7)25-20(12,14-16(3)4)24-22-18(8,9)10/h15-16H,13-14H2,1-12H3. The van der Waals surface area contributed by atoms with E-state index in [1.54, 1.807) is 0 Å². The Balaban J connectivity index is 5.73. The smallest absolute Gasteiger partial charge is 0.179 e. The molecule has 2 unspecified atom stereocenters. The summed E-state index contributed by atoms with van der Waals surface area (Å²) in [5, 5.41) is 18.2. The Kier molecular flexibility index (Phi) is 8.41. The number of hydrogen-bond donors (Lipinski definition) is 0. The zero-order valence-corrected chi connectivity index (χ0v) is 18.8. The summed E-state index contributed by atoms with van der Waals surface area (Å²) >= 11 is 0. The average molecular weight is 355 g/mol. The van der Waals surface area contributed by atoms with Gasteiger partial charge >= 0.3 is 0 Å². The number of ether oxygens (including phenoxy) is 1. The highest BCUT2D eigenvalue weighted by atomic mass is 16.5. The fourth-order valence-electron chi connectivity index (χ4n) is 2.71. The van der Waals surface area contributed by atoms with Crippen molar-refractivity contribution in [1.29, 1.82) is 0 Å². The van der Waals surface area contributed by atoms with Gasteiger partial charge in [0, 0.05) is 12.8 Å². The Morgan fingerprint density at radius 2 is 0.840 bits per heavy atom. The molecule has 5 heteroatoms. The van der Waals surface area contributed by atoms with E-state index in [-0.39, 0.29) is 11.1 Å². The molecule has 0 rings (SSSR count). The van der Waals surface area contributed by atoms with Crippen molar-refractivity contribution in [3.05, 3.63) is 0 Å².